The first-order valence-electron chi connectivity index (χ1n) is 7.84. The second kappa shape index (κ2) is 7.49. The second-order valence-corrected chi connectivity index (χ2v) is 6.79. The first kappa shape index (κ1) is 16.0. The van der Waals surface area contributed by atoms with E-state index in [-0.39, 0.29) is 5.41 Å². The molecule has 0 radical (unpaired) electrons. The summed E-state index contributed by atoms with van der Waals surface area (Å²) in [5, 5.41) is 3.68. The van der Waals surface area contributed by atoms with E-state index in [0.29, 0.717) is 12.1 Å². The van der Waals surface area contributed by atoms with Gasteiger partial charge in [-0.1, -0.05) is 53.4 Å². The maximum Gasteiger partial charge on any atom is 0.0776 e. The zero-order valence-electron chi connectivity index (χ0n) is 13.1. The van der Waals surface area contributed by atoms with Crippen molar-refractivity contribution in [3.8, 4) is 0 Å². The van der Waals surface area contributed by atoms with Crippen LogP contribution in [-0.2, 0) is 4.74 Å². The van der Waals surface area contributed by atoms with Gasteiger partial charge in [-0.05, 0) is 31.2 Å². The van der Waals surface area contributed by atoms with E-state index < -0.39 is 0 Å². The smallest absolute Gasteiger partial charge is 0.0776 e. The van der Waals surface area contributed by atoms with E-state index >= 15 is 0 Å². The Labute approximate surface area is 114 Å². The van der Waals surface area contributed by atoms with Gasteiger partial charge in [-0.3, -0.25) is 0 Å². The number of rotatable bonds is 7. The Morgan fingerprint density at radius 3 is 2.22 bits per heavy atom. The Hall–Kier alpha value is -0.0800. The van der Waals surface area contributed by atoms with Crippen LogP contribution in [0.15, 0.2) is 0 Å². The maximum absolute atomic E-state index is 6.07. The first-order chi connectivity index (χ1) is 8.49. The molecule has 1 aliphatic carbocycles. The lowest BCUT2D eigenvalue weighted by atomic mass is 9.81. The highest BCUT2D eigenvalue weighted by atomic mass is 16.5. The van der Waals surface area contributed by atoms with Crippen LogP contribution in [0.25, 0.3) is 0 Å². The van der Waals surface area contributed by atoms with Crippen LogP contribution in [0.3, 0.4) is 0 Å². The van der Waals surface area contributed by atoms with Gasteiger partial charge in [0.25, 0.3) is 0 Å². The van der Waals surface area contributed by atoms with E-state index in [0.717, 1.165) is 19.1 Å². The molecule has 2 heteroatoms. The third-order valence-corrected chi connectivity index (χ3v) is 4.09. The highest BCUT2D eigenvalue weighted by Gasteiger charge is 2.34. The van der Waals surface area contributed by atoms with Crippen LogP contribution in [0.1, 0.15) is 66.7 Å². The third-order valence-electron chi connectivity index (χ3n) is 4.09. The van der Waals surface area contributed by atoms with Crippen molar-refractivity contribution in [3.05, 3.63) is 0 Å². The van der Waals surface area contributed by atoms with Gasteiger partial charge in [0.1, 0.15) is 0 Å². The third kappa shape index (κ3) is 4.89. The average Bonchev–Trinajstić information content (AvgIpc) is 2.76. The van der Waals surface area contributed by atoms with Gasteiger partial charge in [0.15, 0.2) is 0 Å². The van der Waals surface area contributed by atoms with Crippen molar-refractivity contribution in [2.24, 2.45) is 11.3 Å². The average molecular weight is 255 g/mol. The first-order valence-corrected chi connectivity index (χ1v) is 7.84. The molecule has 1 N–H and O–H groups in total. The summed E-state index contributed by atoms with van der Waals surface area (Å²) in [6.45, 7) is 13.1. The molecule has 0 aliphatic heterocycles. The lowest BCUT2D eigenvalue weighted by Gasteiger charge is -2.38. The summed E-state index contributed by atoms with van der Waals surface area (Å²) in [6.07, 6.45) is 7.31. The van der Waals surface area contributed by atoms with Crippen molar-refractivity contribution in [2.75, 3.05) is 13.2 Å². The van der Waals surface area contributed by atoms with Crippen molar-refractivity contribution in [2.45, 2.75) is 78.9 Å². The van der Waals surface area contributed by atoms with Gasteiger partial charge in [0, 0.05) is 12.6 Å². The van der Waals surface area contributed by atoms with Gasteiger partial charge in [0.05, 0.1) is 6.10 Å². The fourth-order valence-corrected chi connectivity index (χ4v) is 3.33. The van der Waals surface area contributed by atoms with Gasteiger partial charge in [-0.15, -0.1) is 0 Å². The Balaban J connectivity index is 2.65. The number of hydrogen-bond acceptors (Lipinski definition) is 2. The molecule has 0 spiro atoms. The van der Waals surface area contributed by atoms with Crippen LogP contribution in [0.4, 0.5) is 0 Å². The predicted molar refractivity (Wildman–Crippen MR) is 78.9 cm³/mol. The number of likely N-dealkylation sites (N-methyl/N-ethyl adjacent to an activating group) is 1. The van der Waals surface area contributed by atoms with Crippen molar-refractivity contribution in [1.82, 2.24) is 5.32 Å². The molecule has 1 aliphatic rings. The zero-order valence-corrected chi connectivity index (χ0v) is 13.1. The SMILES string of the molecule is CCNC(CC1CCCC1)C(OCC)C(C)(C)C. The summed E-state index contributed by atoms with van der Waals surface area (Å²) >= 11 is 0. The number of nitrogens with one attached hydrogen (secondary N) is 1. The molecule has 2 atom stereocenters. The fraction of sp³-hybridized carbons (Fsp3) is 1.00. The minimum Gasteiger partial charge on any atom is -0.376 e. The Morgan fingerprint density at radius 2 is 1.78 bits per heavy atom. The quantitative estimate of drug-likeness (QED) is 0.742. The lowest BCUT2D eigenvalue weighted by Crippen LogP contribution is -2.49. The summed E-state index contributed by atoms with van der Waals surface area (Å²) in [5.74, 6) is 0.916. The molecule has 1 rings (SSSR count). The molecule has 18 heavy (non-hydrogen) atoms. The van der Waals surface area contributed by atoms with Crippen molar-refractivity contribution in [3.63, 3.8) is 0 Å². The van der Waals surface area contributed by atoms with Crippen molar-refractivity contribution >= 4 is 0 Å². The molecule has 2 nitrogen and oxygen atoms in total. The van der Waals surface area contributed by atoms with Crippen LogP contribution >= 0.6 is 0 Å². The maximum atomic E-state index is 6.07. The molecule has 0 bridgehead atoms. The van der Waals surface area contributed by atoms with E-state index in [1.165, 1.54) is 32.1 Å². The molecule has 0 aromatic heterocycles. The standard InChI is InChI=1S/C16H33NO/c1-6-17-14(12-13-10-8-9-11-13)15(18-7-2)16(3,4)5/h13-15,17H,6-12H2,1-5H3. The summed E-state index contributed by atoms with van der Waals surface area (Å²) in [5.41, 5.74) is 0.210. The fourth-order valence-electron chi connectivity index (χ4n) is 3.33. The molecule has 0 amide bonds. The normalized spacial score (nSPS) is 21.2. The van der Waals surface area contributed by atoms with E-state index in [1.54, 1.807) is 0 Å². The molecular weight excluding hydrogens is 222 g/mol. The van der Waals surface area contributed by atoms with Crippen molar-refractivity contribution in [1.29, 1.82) is 0 Å². The van der Waals surface area contributed by atoms with Gasteiger partial charge < -0.3 is 10.1 Å². The van der Waals surface area contributed by atoms with Gasteiger partial charge in [-0.2, -0.15) is 0 Å². The molecule has 1 fully saturated rings. The molecule has 108 valence electrons. The van der Waals surface area contributed by atoms with Crippen LogP contribution in [0.2, 0.25) is 0 Å². The highest BCUT2D eigenvalue weighted by Crippen LogP contribution is 2.33. The predicted octanol–water partition coefficient (Wildman–Crippen LogP) is 4.00. The van der Waals surface area contributed by atoms with E-state index in [9.17, 15) is 0 Å². The van der Waals surface area contributed by atoms with Crippen LogP contribution in [0, 0.1) is 11.3 Å². The molecule has 0 aromatic carbocycles. The summed E-state index contributed by atoms with van der Waals surface area (Å²) in [6, 6.07) is 0.512. The number of hydrogen-bond donors (Lipinski definition) is 1. The monoisotopic (exact) mass is 255 g/mol. The van der Waals surface area contributed by atoms with Crippen LogP contribution in [-0.4, -0.2) is 25.3 Å². The van der Waals surface area contributed by atoms with Crippen LogP contribution < -0.4 is 5.32 Å². The molecule has 1 saturated carbocycles. The largest absolute Gasteiger partial charge is 0.376 e. The summed E-state index contributed by atoms with van der Waals surface area (Å²) < 4.78 is 6.07. The van der Waals surface area contributed by atoms with Crippen LogP contribution in [0.5, 0.6) is 0 Å². The van der Waals surface area contributed by atoms with E-state index in [1.807, 2.05) is 0 Å². The molecule has 2 unspecified atom stereocenters. The van der Waals surface area contributed by atoms with E-state index in [4.69, 9.17) is 4.74 Å². The van der Waals surface area contributed by atoms with Gasteiger partial charge in [0.2, 0.25) is 0 Å². The molecule has 0 heterocycles. The topological polar surface area (TPSA) is 21.3 Å². The van der Waals surface area contributed by atoms with Gasteiger partial charge >= 0.3 is 0 Å². The molecule has 0 saturated heterocycles. The minimum atomic E-state index is 0.210. The van der Waals surface area contributed by atoms with Crippen molar-refractivity contribution < 1.29 is 4.74 Å². The minimum absolute atomic E-state index is 0.210. The Kier molecular flexibility index (Phi) is 6.65. The zero-order chi connectivity index (χ0) is 13.6. The summed E-state index contributed by atoms with van der Waals surface area (Å²) in [7, 11) is 0. The Morgan fingerprint density at radius 1 is 1.17 bits per heavy atom. The molecular formula is C16H33NO. The molecule has 0 aromatic rings. The Bertz CT molecular complexity index is 216. The number of ether oxygens (including phenoxy) is 1. The van der Waals surface area contributed by atoms with Gasteiger partial charge in [-0.25, -0.2) is 0 Å². The van der Waals surface area contributed by atoms with E-state index in [2.05, 4.69) is 39.9 Å². The second-order valence-electron chi connectivity index (χ2n) is 6.79. The summed E-state index contributed by atoms with van der Waals surface area (Å²) in [4.78, 5) is 0. The highest BCUT2D eigenvalue weighted by molar-refractivity contribution is 4.88. The lowest BCUT2D eigenvalue weighted by molar-refractivity contribution is -0.0400.